The van der Waals surface area contributed by atoms with Crippen molar-refractivity contribution in [3.05, 3.63) is 22.5 Å². The fourth-order valence-corrected chi connectivity index (χ4v) is 3.36. The quantitative estimate of drug-likeness (QED) is 0.884. The Kier molecular flexibility index (Phi) is 3.30. The maximum absolute atomic E-state index is 12.4. The van der Waals surface area contributed by atoms with Gasteiger partial charge in [-0.25, -0.2) is 14.5 Å². The Morgan fingerprint density at radius 3 is 3.09 bits per heavy atom. The Bertz CT molecular complexity index is 694. The number of rotatable bonds is 3. The van der Waals surface area contributed by atoms with Crippen molar-refractivity contribution in [1.82, 2.24) is 24.9 Å². The van der Waals surface area contributed by atoms with Crippen LogP contribution in [0.1, 0.15) is 35.8 Å². The standard InChI is InChI=1S/C13H16N6O2S/c20-6-9-11-5-18(3-4-19(11)17-16-9)13(21)15-12-14-10(7-22-12)8-1-2-8/h7-8,20H,1-6H2,(H,14,15,21). The molecule has 0 unspecified atom stereocenters. The van der Waals surface area contributed by atoms with Crippen LogP contribution < -0.4 is 5.32 Å². The molecule has 0 atom stereocenters. The second kappa shape index (κ2) is 5.33. The molecule has 2 aliphatic rings. The summed E-state index contributed by atoms with van der Waals surface area (Å²) in [5, 5.41) is 22.7. The number of carbonyl (C=O) groups excluding carboxylic acids is 1. The molecule has 116 valence electrons. The van der Waals surface area contributed by atoms with Crippen molar-refractivity contribution in [2.24, 2.45) is 0 Å². The molecule has 1 aliphatic heterocycles. The van der Waals surface area contributed by atoms with Crippen LogP contribution in [0.5, 0.6) is 0 Å². The predicted molar refractivity (Wildman–Crippen MR) is 79.5 cm³/mol. The summed E-state index contributed by atoms with van der Waals surface area (Å²) in [4.78, 5) is 18.5. The van der Waals surface area contributed by atoms with E-state index in [9.17, 15) is 9.90 Å². The molecular formula is C13H16N6O2S. The first-order valence-electron chi connectivity index (χ1n) is 7.28. The minimum Gasteiger partial charge on any atom is -0.390 e. The number of hydrogen-bond acceptors (Lipinski definition) is 6. The Morgan fingerprint density at radius 2 is 2.32 bits per heavy atom. The Morgan fingerprint density at radius 1 is 1.45 bits per heavy atom. The zero-order valence-electron chi connectivity index (χ0n) is 11.9. The SMILES string of the molecule is O=C(Nc1nc(C2CC2)cs1)N1CCn2nnc(CO)c2C1. The van der Waals surface area contributed by atoms with E-state index in [1.165, 1.54) is 24.2 Å². The summed E-state index contributed by atoms with van der Waals surface area (Å²) >= 11 is 1.47. The highest BCUT2D eigenvalue weighted by molar-refractivity contribution is 7.13. The van der Waals surface area contributed by atoms with Gasteiger partial charge in [-0.2, -0.15) is 0 Å². The normalized spacial score (nSPS) is 17.4. The van der Waals surface area contributed by atoms with Crippen molar-refractivity contribution < 1.29 is 9.90 Å². The smallest absolute Gasteiger partial charge is 0.324 e. The molecule has 1 fully saturated rings. The highest BCUT2D eigenvalue weighted by Gasteiger charge is 2.28. The molecule has 0 aromatic carbocycles. The van der Waals surface area contributed by atoms with E-state index in [0.29, 0.717) is 36.4 Å². The summed E-state index contributed by atoms with van der Waals surface area (Å²) in [5.74, 6) is 0.587. The van der Waals surface area contributed by atoms with E-state index >= 15 is 0 Å². The van der Waals surface area contributed by atoms with Crippen molar-refractivity contribution >= 4 is 22.5 Å². The molecule has 8 nitrogen and oxygen atoms in total. The van der Waals surface area contributed by atoms with Crippen molar-refractivity contribution in [3.63, 3.8) is 0 Å². The van der Waals surface area contributed by atoms with E-state index in [1.807, 2.05) is 5.38 Å². The van der Waals surface area contributed by atoms with Gasteiger partial charge < -0.3 is 10.0 Å². The summed E-state index contributed by atoms with van der Waals surface area (Å²) in [5.41, 5.74) is 2.41. The lowest BCUT2D eigenvalue weighted by atomic mass is 10.2. The number of hydrogen-bond donors (Lipinski definition) is 2. The van der Waals surface area contributed by atoms with E-state index in [1.54, 1.807) is 9.58 Å². The van der Waals surface area contributed by atoms with Gasteiger partial charge in [0.15, 0.2) is 5.13 Å². The molecule has 0 spiro atoms. The Balaban J connectivity index is 1.44. The zero-order chi connectivity index (χ0) is 15.1. The fraction of sp³-hybridized carbons (Fsp3) is 0.538. The van der Waals surface area contributed by atoms with E-state index < -0.39 is 0 Å². The number of anilines is 1. The number of nitrogens with zero attached hydrogens (tertiary/aromatic N) is 5. The minimum atomic E-state index is -0.173. The number of thiazole rings is 1. The number of aliphatic hydroxyl groups is 1. The third-order valence-corrected chi connectivity index (χ3v) is 4.78. The molecule has 1 saturated carbocycles. The summed E-state index contributed by atoms with van der Waals surface area (Å²) in [6, 6.07) is -0.173. The fourth-order valence-electron chi connectivity index (χ4n) is 2.57. The van der Waals surface area contributed by atoms with E-state index in [0.717, 1.165) is 11.4 Å². The lowest BCUT2D eigenvalue weighted by Crippen LogP contribution is -2.41. The molecule has 1 aliphatic carbocycles. The van der Waals surface area contributed by atoms with Crippen LogP contribution in [0.2, 0.25) is 0 Å². The van der Waals surface area contributed by atoms with Crippen molar-refractivity contribution in [2.45, 2.75) is 38.5 Å². The molecule has 9 heteroatoms. The maximum atomic E-state index is 12.4. The second-order valence-corrected chi connectivity index (χ2v) is 6.43. The molecule has 3 heterocycles. The number of aliphatic hydroxyl groups excluding tert-OH is 1. The number of fused-ring (bicyclic) bond motifs is 1. The molecule has 2 aromatic rings. The van der Waals surface area contributed by atoms with E-state index in [-0.39, 0.29) is 12.6 Å². The molecule has 0 saturated heterocycles. The van der Waals surface area contributed by atoms with Crippen molar-refractivity contribution in [2.75, 3.05) is 11.9 Å². The van der Waals surface area contributed by atoms with Crippen LogP contribution in [0.4, 0.5) is 9.93 Å². The number of aromatic nitrogens is 4. The average molecular weight is 320 g/mol. The van der Waals surface area contributed by atoms with Gasteiger partial charge in [-0.15, -0.1) is 16.4 Å². The van der Waals surface area contributed by atoms with Gasteiger partial charge in [-0.3, -0.25) is 5.32 Å². The molecule has 2 aromatic heterocycles. The third-order valence-electron chi connectivity index (χ3n) is 4.01. The molecule has 0 bridgehead atoms. The highest BCUT2D eigenvalue weighted by Crippen LogP contribution is 2.40. The largest absolute Gasteiger partial charge is 0.390 e. The van der Waals surface area contributed by atoms with Gasteiger partial charge in [-0.05, 0) is 12.8 Å². The number of nitrogens with one attached hydrogen (secondary N) is 1. The molecule has 4 rings (SSSR count). The van der Waals surface area contributed by atoms with Crippen LogP contribution in [0.15, 0.2) is 5.38 Å². The average Bonchev–Trinajstić information content (AvgIpc) is 3.14. The summed E-state index contributed by atoms with van der Waals surface area (Å²) in [6.45, 7) is 1.38. The molecular weight excluding hydrogens is 304 g/mol. The first-order valence-corrected chi connectivity index (χ1v) is 8.16. The topological polar surface area (TPSA) is 96.2 Å². The van der Waals surface area contributed by atoms with Gasteiger partial charge in [0.25, 0.3) is 0 Å². The van der Waals surface area contributed by atoms with Gasteiger partial charge in [0, 0.05) is 17.8 Å². The number of amides is 2. The van der Waals surface area contributed by atoms with Crippen molar-refractivity contribution in [1.29, 1.82) is 0 Å². The lowest BCUT2D eigenvalue weighted by molar-refractivity contribution is 0.193. The van der Waals surface area contributed by atoms with Gasteiger partial charge in [0.05, 0.1) is 31.1 Å². The number of urea groups is 1. The van der Waals surface area contributed by atoms with Gasteiger partial charge >= 0.3 is 6.03 Å². The van der Waals surface area contributed by atoms with Crippen molar-refractivity contribution in [3.8, 4) is 0 Å². The minimum absolute atomic E-state index is 0.165. The van der Waals surface area contributed by atoms with Gasteiger partial charge in [0.1, 0.15) is 5.69 Å². The molecule has 0 radical (unpaired) electrons. The summed E-state index contributed by atoms with van der Waals surface area (Å²) < 4.78 is 1.74. The van der Waals surface area contributed by atoms with E-state index in [4.69, 9.17) is 0 Å². The maximum Gasteiger partial charge on any atom is 0.324 e. The van der Waals surface area contributed by atoms with E-state index in [2.05, 4.69) is 20.6 Å². The van der Waals surface area contributed by atoms with Crippen LogP contribution in [-0.2, 0) is 19.7 Å². The van der Waals surface area contributed by atoms with Crippen LogP contribution in [-0.4, -0.2) is 42.6 Å². The molecule has 2 N–H and O–H groups in total. The second-order valence-electron chi connectivity index (χ2n) is 5.57. The Labute approximate surface area is 130 Å². The highest BCUT2D eigenvalue weighted by atomic mass is 32.1. The zero-order valence-corrected chi connectivity index (χ0v) is 12.7. The first-order chi connectivity index (χ1) is 10.7. The van der Waals surface area contributed by atoms with Crippen LogP contribution in [0.3, 0.4) is 0 Å². The molecule has 22 heavy (non-hydrogen) atoms. The van der Waals surface area contributed by atoms with Crippen LogP contribution >= 0.6 is 11.3 Å². The van der Waals surface area contributed by atoms with Crippen LogP contribution in [0.25, 0.3) is 0 Å². The van der Waals surface area contributed by atoms with Crippen LogP contribution in [0, 0.1) is 0 Å². The first kappa shape index (κ1) is 13.6. The number of carbonyl (C=O) groups is 1. The molecule has 2 amide bonds. The van der Waals surface area contributed by atoms with Gasteiger partial charge in [0.2, 0.25) is 0 Å². The van der Waals surface area contributed by atoms with Gasteiger partial charge in [-0.1, -0.05) is 5.21 Å². The summed E-state index contributed by atoms with van der Waals surface area (Å²) in [7, 11) is 0. The Hall–Kier alpha value is -2.00. The summed E-state index contributed by atoms with van der Waals surface area (Å²) in [6.07, 6.45) is 2.40. The third kappa shape index (κ3) is 2.46. The monoisotopic (exact) mass is 320 g/mol. The lowest BCUT2D eigenvalue weighted by Gasteiger charge is -2.27. The predicted octanol–water partition coefficient (Wildman–Crippen LogP) is 1.15.